The number of aliphatic hydroxyl groups is 1. The van der Waals surface area contributed by atoms with Gasteiger partial charge in [-0.1, -0.05) is 19.1 Å². The molecule has 156 valence electrons. The van der Waals surface area contributed by atoms with Gasteiger partial charge >= 0.3 is 0 Å². The van der Waals surface area contributed by atoms with Crippen LogP contribution in [0.4, 0.5) is 4.39 Å². The molecule has 2 N–H and O–H groups in total. The fourth-order valence-corrected chi connectivity index (χ4v) is 3.19. The predicted octanol–water partition coefficient (Wildman–Crippen LogP) is 3.06. The summed E-state index contributed by atoms with van der Waals surface area (Å²) in [7, 11) is 0. The van der Waals surface area contributed by atoms with Gasteiger partial charge in [0.25, 0.3) is 5.91 Å². The Bertz CT molecular complexity index is 965. The van der Waals surface area contributed by atoms with Gasteiger partial charge in [0.05, 0.1) is 5.69 Å². The van der Waals surface area contributed by atoms with Crippen LogP contribution < -0.4 is 5.32 Å². The highest BCUT2D eigenvalue weighted by Crippen LogP contribution is 2.21. The number of hydrogen-bond donors (Lipinski definition) is 2. The third-order valence-electron chi connectivity index (χ3n) is 4.75. The van der Waals surface area contributed by atoms with Gasteiger partial charge in [-0.25, -0.2) is 4.39 Å². The van der Waals surface area contributed by atoms with Crippen molar-refractivity contribution in [2.45, 2.75) is 32.1 Å². The molecule has 3 aromatic rings. The molecule has 7 heteroatoms. The molecule has 6 nitrogen and oxygen atoms in total. The number of hydrogen-bond acceptors (Lipinski definition) is 5. The molecule has 1 atom stereocenters. The normalized spacial score (nSPS) is 11.8. The van der Waals surface area contributed by atoms with Crippen molar-refractivity contribution in [2.24, 2.45) is 0 Å². The maximum atomic E-state index is 13.2. The van der Waals surface area contributed by atoms with Gasteiger partial charge in [0, 0.05) is 55.1 Å². The number of aromatic nitrogens is 3. The predicted molar refractivity (Wildman–Crippen MR) is 112 cm³/mol. The number of aliphatic hydroxyl groups excluding tert-OH is 1. The van der Waals surface area contributed by atoms with Gasteiger partial charge in [0.2, 0.25) is 0 Å². The minimum atomic E-state index is -0.267. The van der Waals surface area contributed by atoms with Crippen molar-refractivity contribution in [2.75, 3.05) is 13.2 Å². The zero-order chi connectivity index (χ0) is 21.3. The highest BCUT2D eigenvalue weighted by atomic mass is 19.1. The average molecular weight is 408 g/mol. The molecular formula is C23H25FN4O2. The molecule has 0 aliphatic carbocycles. The Labute approximate surface area is 175 Å². The van der Waals surface area contributed by atoms with Crippen molar-refractivity contribution in [3.05, 3.63) is 89.0 Å². The minimum absolute atomic E-state index is 0.0228. The Morgan fingerprint density at radius 2 is 1.90 bits per heavy atom. The summed E-state index contributed by atoms with van der Waals surface area (Å²) in [4.78, 5) is 25.7. The monoisotopic (exact) mass is 408 g/mol. The van der Waals surface area contributed by atoms with Crippen LogP contribution in [0.2, 0.25) is 0 Å². The number of carbonyl (C=O) groups is 1. The van der Waals surface area contributed by atoms with Crippen molar-refractivity contribution in [3.8, 4) is 0 Å². The fraction of sp³-hybridized carbons (Fsp3) is 0.304. The van der Waals surface area contributed by atoms with Crippen molar-refractivity contribution in [1.29, 1.82) is 0 Å². The number of rotatable bonds is 9. The van der Waals surface area contributed by atoms with Gasteiger partial charge in [-0.2, -0.15) is 0 Å². The highest BCUT2D eigenvalue weighted by Gasteiger charge is 2.14. The standard InChI is InChI=1S/C23H25FN4O2/c1-16(17-3-5-19(24)6-4-17)11-20-12-18(23(30)27-7-2-10-29)13-21(28-20)14-22-15-25-8-9-26-22/h3-6,8-9,12-13,15-16,29H,2,7,10-11,14H2,1H3,(H,27,30)/t16-/m1/s1. The average Bonchev–Trinajstić information content (AvgIpc) is 2.75. The molecule has 2 aromatic heterocycles. The van der Waals surface area contributed by atoms with Crippen molar-refractivity contribution < 1.29 is 14.3 Å². The summed E-state index contributed by atoms with van der Waals surface area (Å²) in [6, 6.07) is 9.98. The van der Waals surface area contributed by atoms with E-state index in [0.29, 0.717) is 31.4 Å². The lowest BCUT2D eigenvalue weighted by molar-refractivity contribution is 0.0950. The molecule has 1 amide bonds. The summed E-state index contributed by atoms with van der Waals surface area (Å²) in [5.74, 6) is -0.367. The fourth-order valence-electron chi connectivity index (χ4n) is 3.19. The third kappa shape index (κ3) is 6.15. The lowest BCUT2D eigenvalue weighted by atomic mass is 9.95. The van der Waals surface area contributed by atoms with Crippen LogP contribution in [-0.4, -0.2) is 39.1 Å². The van der Waals surface area contributed by atoms with E-state index in [9.17, 15) is 9.18 Å². The van der Waals surface area contributed by atoms with Crippen LogP contribution in [-0.2, 0) is 12.8 Å². The van der Waals surface area contributed by atoms with Crippen LogP contribution >= 0.6 is 0 Å². The maximum Gasteiger partial charge on any atom is 0.251 e. The second-order valence-electron chi connectivity index (χ2n) is 7.20. The van der Waals surface area contributed by atoms with Crippen LogP contribution in [0.5, 0.6) is 0 Å². The van der Waals surface area contributed by atoms with E-state index < -0.39 is 0 Å². The lowest BCUT2D eigenvalue weighted by Gasteiger charge is -2.14. The van der Waals surface area contributed by atoms with Crippen molar-refractivity contribution >= 4 is 5.91 Å². The first-order chi connectivity index (χ1) is 14.5. The molecule has 0 saturated carbocycles. The smallest absolute Gasteiger partial charge is 0.251 e. The molecule has 0 spiro atoms. The van der Waals surface area contributed by atoms with E-state index in [1.165, 1.54) is 12.1 Å². The van der Waals surface area contributed by atoms with E-state index in [0.717, 1.165) is 22.6 Å². The number of benzene rings is 1. The van der Waals surface area contributed by atoms with Crippen LogP contribution in [0.15, 0.2) is 55.0 Å². The molecule has 0 radical (unpaired) electrons. The van der Waals surface area contributed by atoms with E-state index in [4.69, 9.17) is 10.1 Å². The summed E-state index contributed by atoms with van der Waals surface area (Å²) in [5.41, 5.74) is 3.79. The first-order valence-corrected chi connectivity index (χ1v) is 9.94. The van der Waals surface area contributed by atoms with E-state index in [2.05, 4.69) is 15.3 Å². The van der Waals surface area contributed by atoms with Gasteiger partial charge in [-0.3, -0.25) is 19.7 Å². The second kappa shape index (κ2) is 10.5. The molecule has 0 unspecified atom stereocenters. The Hall–Kier alpha value is -3.19. The Balaban J connectivity index is 1.84. The molecule has 0 aliphatic rings. The number of pyridine rings is 1. The molecule has 0 bridgehead atoms. The molecule has 2 heterocycles. The molecule has 1 aromatic carbocycles. The minimum Gasteiger partial charge on any atom is -0.396 e. The van der Waals surface area contributed by atoms with Gasteiger partial charge in [0.15, 0.2) is 0 Å². The number of halogens is 1. The number of amides is 1. The Morgan fingerprint density at radius 3 is 2.60 bits per heavy atom. The van der Waals surface area contributed by atoms with Crippen molar-refractivity contribution in [3.63, 3.8) is 0 Å². The molecule has 30 heavy (non-hydrogen) atoms. The van der Waals surface area contributed by atoms with Gasteiger partial charge < -0.3 is 10.4 Å². The zero-order valence-electron chi connectivity index (χ0n) is 16.9. The van der Waals surface area contributed by atoms with E-state index in [1.54, 1.807) is 42.9 Å². The summed E-state index contributed by atoms with van der Waals surface area (Å²) in [6.45, 7) is 2.47. The SMILES string of the molecule is C[C@H](Cc1cc(C(=O)NCCCO)cc(Cc2cnccn2)n1)c1ccc(F)cc1. The summed E-state index contributed by atoms with van der Waals surface area (Å²) >= 11 is 0. The largest absolute Gasteiger partial charge is 0.396 e. The summed E-state index contributed by atoms with van der Waals surface area (Å²) in [5, 5.41) is 11.7. The number of carbonyl (C=O) groups excluding carboxylic acids is 1. The molecule has 0 saturated heterocycles. The first kappa shape index (κ1) is 21.5. The molecule has 0 fully saturated rings. The topological polar surface area (TPSA) is 88.0 Å². The maximum absolute atomic E-state index is 13.2. The van der Waals surface area contributed by atoms with Crippen LogP contribution in [0, 0.1) is 5.82 Å². The molecular weight excluding hydrogens is 383 g/mol. The number of nitrogens with zero attached hydrogens (tertiary/aromatic N) is 3. The van der Waals surface area contributed by atoms with E-state index >= 15 is 0 Å². The van der Waals surface area contributed by atoms with E-state index in [-0.39, 0.29) is 24.2 Å². The second-order valence-corrected chi connectivity index (χ2v) is 7.20. The Kier molecular flexibility index (Phi) is 7.57. The third-order valence-corrected chi connectivity index (χ3v) is 4.75. The first-order valence-electron chi connectivity index (χ1n) is 9.94. The Morgan fingerprint density at radius 1 is 1.13 bits per heavy atom. The summed E-state index contributed by atoms with van der Waals surface area (Å²) < 4.78 is 13.2. The lowest BCUT2D eigenvalue weighted by Crippen LogP contribution is -2.25. The van der Waals surface area contributed by atoms with Crippen LogP contribution in [0.1, 0.15) is 52.3 Å². The zero-order valence-corrected chi connectivity index (χ0v) is 16.9. The highest BCUT2D eigenvalue weighted by molar-refractivity contribution is 5.94. The van der Waals surface area contributed by atoms with Gasteiger partial charge in [-0.05, 0) is 48.6 Å². The molecule has 0 aliphatic heterocycles. The number of nitrogens with one attached hydrogen (secondary N) is 1. The van der Waals surface area contributed by atoms with Crippen LogP contribution in [0.3, 0.4) is 0 Å². The molecule has 3 rings (SSSR count). The summed E-state index contributed by atoms with van der Waals surface area (Å²) in [6.07, 6.45) is 6.48. The van der Waals surface area contributed by atoms with Gasteiger partial charge in [-0.15, -0.1) is 0 Å². The van der Waals surface area contributed by atoms with Crippen LogP contribution in [0.25, 0.3) is 0 Å². The quantitative estimate of drug-likeness (QED) is 0.532. The van der Waals surface area contributed by atoms with Crippen molar-refractivity contribution in [1.82, 2.24) is 20.3 Å². The van der Waals surface area contributed by atoms with Gasteiger partial charge in [0.1, 0.15) is 5.82 Å². The van der Waals surface area contributed by atoms with E-state index in [1.807, 2.05) is 6.92 Å².